The number of hydrogen-bond acceptors (Lipinski definition) is 3. The van der Waals surface area contributed by atoms with E-state index in [0.717, 1.165) is 18.7 Å². The van der Waals surface area contributed by atoms with Crippen molar-refractivity contribution >= 4 is 24.5 Å². The molecule has 1 fully saturated rings. The molecule has 3 aromatic rings. The van der Waals surface area contributed by atoms with Crippen molar-refractivity contribution < 1.29 is 4.43 Å². The fourth-order valence-corrected chi connectivity index (χ4v) is 9.09. The van der Waals surface area contributed by atoms with E-state index < -0.39 is 8.32 Å². The lowest BCUT2D eigenvalue weighted by molar-refractivity contribution is 0.0973. The number of hydrogen-bond donors (Lipinski definition) is 1. The Morgan fingerprint density at radius 3 is 1.86 bits per heavy atom. The van der Waals surface area contributed by atoms with Gasteiger partial charge in [-0.3, -0.25) is 0 Å². The van der Waals surface area contributed by atoms with Crippen molar-refractivity contribution in [1.29, 1.82) is 0 Å². The minimum absolute atomic E-state index is 0.0230. The highest BCUT2D eigenvalue weighted by atomic mass is 28.4. The van der Waals surface area contributed by atoms with E-state index in [1.165, 1.54) is 10.4 Å². The van der Waals surface area contributed by atoms with Gasteiger partial charge in [0.2, 0.25) is 0 Å². The van der Waals surface area contributed by atoms with Gasteiger partial charge < -0.3 is 9.74 Å². The quantitative estimate of drug-likeness (QED) is 0.612. The van der Waals surface area contributed by atoms with E-state index in [9.17, 15) is 0 Å². The molecule has 2 aromatic carbocycles. The Labute approximate surface area is 175 Å². The first kappa shape index (κ1) is 19.9. The summed E-state index contributed by atoms with van der Waals surface area (Å²) < 4.78 is 7.16. The molecule has 0 unspecified atom stereocenters. The molecule has 1 N–H and O–H groups in total. The molecule has 0 atom stereocenters. The predicted molar refractivity (Wildman–Crippen MR) is 123 cm³/mol. The highest BCUT2D eigenvalue weighted by Crippen LogP contribution is 2.40. The lowest BCUT2D eigenvalue weighted by atomic mass is 9.89. The molecule has 4 rings (SSSR count). The maximum Gasteiger partial charge on any atom is 0.261 e. The third kappa shape index (κ3) is 4.00. The molecule has 0 radical (unpaired) electrons. The predicted octanol–water partition coefficient (Wildman–Crippen LogP) is 4.60. The Hall–Kier alpha value is -2.43. The molecule has 1 aliphatic carbocycles. The molecule has 0 amide bonds. The number of aromatic nitrogens is 1. The molecule has 0 bridgehead atoms. The van der Waals surface area contributed by atoms with Crippen molar-refractivity contribution in [2.24, 2.45) is 0 Å². The van der Waals surface area contributed by atoms with Gasteiger partial charge in [-0.25, -0.2) is 4.98 Å². The largest absolute Gasteiger partial charge is 0.404 e. The van der Waals surface area contributed by atoms with E-state index >= 15 is 0 Å². The SMILES string of the molecule is CC(C)(C)[Si](O[C@H]1C[C@@H](Nc2ccccn2)C1)(c1ccccc1)c1ccccc1. The molecule has 0 aliphatic heterocycles. The second kappa shape index (κ2) is 8.13. The first-order valence-electron chi connectivity index (χ1n) is 10.5. The Balaban J connectivity index is 1.60. The van der Waals surface area contributed by atoms with Crippen LogP contribution in [0.5, 0.6) is 0 Å². The number of nitrogens with zero attached hydrogens (tertiary/aromatic N) is 1. The maximum atomic E-state index is 7.16. The van der Waals surface area contributed by atoms with Gasteiger partial charge >= 0.3 is 0 Å². The van der Waals surface area contributed by atoms with Crippen LogP contribution in [0.3, 0.4) is 0 Å². The highest BCUT2D eigenvalue weighted by Gasteiger charge is 2.52. The summed E-state index contributed by atoms with van der Waals surface area (Å²) in [6.45, 7) is 7.00. The zero-order chi connectivity index (χ0) is 20.3. The summed E-state index contributed by atoms with van der Waals surface area (Å²) >= 11 is 0. The van der Waals surface area contributed by atoms with Gasteiger partial charge in [0, 0.05) is 18.3 Å². The standard InChI is InChI=1S/C25H30N2OSi/c1-25(2,3)29(22-12-6-4-7-13-22,23-14-8-5-9-15-23)28-21-18-20(19-21)27-24-16-10-11-17-26-24/h4-17,20-21H,18-19H2,1-3H3,(H,26,27)/t20-,21+. The summed E-state index contributed by atoms with van der Waals surface area (Å²) in [6.07, 6.45) is 4.13. The van der Waals surface area contributed by atoms with Gasteiger partial charge in [0.05, 0.1) is 0 Å². The maximum absolute atomic E-state index is 7.16. The zero-order valence-corrected chi connectivity index (χ0v) is 18.5. The topological polar surface area (TPSA) is 34.1 Å². The van der Waals surface area contributed by atoms with Crippen LogP contribution in [0.15, 0.2) is 85.1 Å². The Bertz CT molecular complexity index is 864. The van der Waals surface area contributed by atoms with Crippen molar-refractivity contribution in [3.63, 3.8) is 0 Å². The lowest BCUT2D eigenvalue weighted by Crippen LogP contribution is -2.69. The Morgan fingerprint density at radius 1 is 0.828 bits per heavy atom. The summed E-state index contributed by atoms with van der Waals surface area (Å²) in [5, 5.41) is 6.25. The monoisotopic (exact) mass is 402 g/mol. The molecule has 1 heterocycles. The molecule has 1 aromatic heterocycles. The third-order valence-electron chi connectivity index (χ3n) is 5.87. The fraction of sp³-hybridized carbons (Fsp3) is 0.320. The van der Waals surface area contributed by atoms with Crippen LogP contribution in [0.1, 0.15) is 33.6 Å². The number of pyridine rings is 1. The van der Waals surface area contributed by atoms with Gasteiger partial charge in [0.15, 0.2) is 0 Å². The fourth-order valence-electron chi connectivity index (χ4n) is 4.38. The van der Waals surface area contributed by atoms with Crippen LogP contribution in [0, 0.1) is 0 Å². The van der Waals surface area contributed by atoms with E-state index in [-0.39, 0.29) is 11.1 Å². The minimum atomic E-state index is -2.45. The van der Waals surface area contributed by atoms with E-state index in [1.54, 1.807) is 0 Å². The molecule has 0 spiro atoms. The minimum Gasteiger partial charge on any atom is -0.404 e. The molecule has 29 heavy (non-hydrogen) atoms. The van der Waals surface area contributed by atoms with Crippen LogP contribution in [0.4, 0.5) is 5.82 Å². The molecular formula is C25H30N2OSi. The number of benzene rings is 2. The molecule has 4 heteroatoms. The van der Waals surface area contributed by atoms with Crippen LogP contribution < -0.4 is 15.7 Å². The van der Waals surface area contributed by atoms with Crippen molar-refractivity contribution in [3.05, 3.63) is 85.1 Å². The van der Waals surface area contributed by atoms with E-state index in [4.69, 9.17) is 4.43 Å². The van der Waals surface area contributed by atoms with Crippen molar-refractivity contribution in [2.75, 3.05) is 5.32 Å². The van der Waals surface area contributed by atoms with Gasteiger partial charge in [-0.2, -0.15) is 0 Å². The molecule has 1 aliphatic rings. The van der Waals surface area contributed by atoms with E-state index in [0.29, 0.717) is 6.04 Å². The second-order valence-corrected chi connectivity index (χ2v) is 13.2. The summed E-state index contributed by atoms with van der Waals surface area (Å²) in [5.74, 6) is 0.946. The van der Waals surface area contributed by atoms with Crippen LogP contribution in [0.25, 0.3) is 0 Å². The van der Waals surface area contributed by atoms with Gasteiger partial charge in [-0.1, -0.05) is 87.5 Å². The van der Waals surface area contributed by atoms with Crippen LogP contribution in [-0.2, 0) is 4.43 Å². The van der Waals surface area contributed by atoms with Crippen molar-refractivity contribution in [2.45, 2.75) is 50.8 Å². The molecule has 0 saturated heterocycles. The van der Waals surface area contributed by atoms with Gasteiger partial charge in [0.1, 0.15) is 5.82 Å². The van der Waals surface area contributed by atoms with E-state index in [1.807, 2.05) is 24.4 Å². The third-order valence-corrected chi connectivity index (χ3v) is 11.0. The summed E-state index contributed by atoms with van der Waals surface area (Å²) in [4.78, 5) is 4.39. The van der Waals surface area contributed by atoms with Crippen molar-refractivity contribution in [3.8, 4) is 0 Å². The average molecular weight is 403 g/mol. The smallest absolute Gasteiger partial charge is 0.261 e. The van der Waals surface area contributed by atoms with Crippen molar-refractivity contribution in [1.82, 2.24) is 4.98 Å². The van der Waals surface area contributed by atoms with Crippen LogP contribution >= 0.6 is 0 Å². The lowest BCUT2D eigenvalue weighted by Gasteiger charge is -2.48. The summed E-state index contributed by atoms with van der Waals surface area (Å²) in [6, 6.07) is 28.2. The number of rotatable bonds is 6. The zero-order valence-electron chi connectivity index (χ0n) is 17.5. The van der Waals surface area contributed by atoms with Gasteiger partial charge in [0.25, 0.3) is 8.32 Å². The van der Waals surface area contributed by atoms with Crippen LogP contribution in [0.2, 0.25) is 5.04 Å². The second-order valence-electron chi connectivity index (χ2n) is 8.93. The summed E-state index contributed by atoms with van der Waals surface area (Å²) in [5.41, 5.74) is 0. The number of anilines is 1. The Kier molecular flexibility index (Phi) is 5.57. The van der Waals surface area contributed by atoms with Crippen LogP contribution in [-0.4, -0.2) is 25.4 Å². The first-order valence-corrected chi connectivity index (χ1v) is 12.4. The first-order chi connectivity index (χ1) is 14.0. The molecule has 3 nitrogen and oxygen atoms in total. The Morgan fingerprint density at radius 2 is 1.38 bits per heavy atom. The normalized spacial score (nSPS) is 19.4. The van der Waals surface area contributed by atoms with E-state index in [2.05, 4.69) is 91.7 Å². The molecular weight excluding hydrogens is 372 g/mol. The summed E-state index contributed by atoms with van der Waals surface area (Å²) in [7, 11) is -2.45. The number of nitrogens with one attached hydrogen (secondary N) is 1. The average Bonchev–Trinajstić information content (AvgIpc) is 2.71. The molecule has 1 saturated carbocycles. The molecule has 150 valence electrons. The van der Waals surface area contributed by atoms with Gasteiger partial charge in [-0.15, -0.1) is 0 Å². The van der Waals surface area contributed by atoms with Gasteiger partial charge in [-0.05, 0) is 40.4 Å². The highest BCUT2D eigenvalue weighted by molar-refractivity contribution is 6.99.